The van der Waals surface area contributed by atoms with Crippen LogP contribution in [0.4, 0.5) is 0 Å². The average Bonchev–Trinajstić information content (AvgIpc) is 2.29. The molecule has 0 aliphatic heterocycles. The minimum absolute atomic E-state index is 0.551. The fourth-order valence-corrected chi connectivity index (χ4v) is 1.35. The molecule has 0 aliphatic rings. The van der Waals surface area contributed by atoms with Crippen LogP contribution in [0, 0.1) is 0 Å². The molecule has 0 aliphatic carbocycles. The van der Waals surface area contributed by atoms with E-state index in [4.69, 9.17) is 12.6 Å². The second-order valence-electron chi connectivity index (χ2n) is 3.31. The van der Waals surface area contributed by atoms with Gasteiger partial charge in [0.05, 0.1) is 0 Å². The molecule has 2 heteroatoms. The maximum atomic E-state index is 5.76. The first-order valence-corrected chi connectivity index (χ1v) is 4.87. The van der Waals surface area contributed by atoms with Crippen LogP contribution in [0.3, 0.4) is 0 Å². The zero-order valence-electron chi connectivity index (χ0n) is 8.39. The molecule has 0 fully saturated rings. The van der Waals surface area contributed by atoms with Gasteiger partial charge in [0.25, 0.3) is 0 Å². The highest BCUT2D eigenvalue weighted by Gasteiger charge is 1.97. The summed E-state index contributed by atoms with van der Waals surface area (Å²) >= 11 is 0. The van der Waals surface area contributed by atoms with Crippen molar-refractivity contribution in [3.63, 3.8) is 0 Å². The minimum atomic E-state index is 0.551. The van der Waals surface area contributed by atoms with Gasteiger partial charge >= 0.3 is 0 Å². The molecule has 0 heterocycles. The zero-order valence-corrected chi connectivity index (χ0v) is 8.39. The number of benzene rings is 2. The van der Waals surface area contributed by atoms with Crippen molar-refractivity contribution >= 4 is 13.3 Å². The Hall–Kier alpha value is -1.70. The Kier molecular flexibility index (Phi) is 3.08. The lowest BCUT2D eigenvalue weighted by molar-refractivity contribution is 0.309. The molecule has 2 aromatic rings. The molecule has 72 valence electrons. The molecular weight excluding hydrogens is 183 g/mol. The molecule has 0 N–H and O–H groups in total. The van der Waals surface area contributed by atoms with Crippen molar-refractivity contribution in [3.05, 3.63) is 60.2 Å². The maximum absolute atomic E-state index is 5.76. The predicted molar refractivity (Wildman–Crippen MR) is 62.6 cm³/mol. The Balaban J connectivity index is 2.03. The molecule has 0 atom stereocenters. The highest BCUT2D eigenvalue weighted by atomic mass is 16.5. The molecule has 2 radical (unpaired) electrons. The van der Waals surface area contributed by atoms with E-state index in [-0.39, 0.29) is 0 Å². The predicted octanol–water partition coefficient (Wildman–Crippen LogP) is 2.06. The van der Waals surface area contributed by atoms with Crippen LogP contribution in [0.1, 0.15) is 5.56 Å². The largest absolute Gasteiger partial charge is 0.490 e. The average molecular weight is 194 g/mol. The highest BCUT2D eigenvalue weighted by molar-refractivity contribution is 6.34. The van der Waals surface area contributed by atoms with E-state index in [1.807, 2.05) is 54.6 Å². The van der Waals surface area contributed by atoms with Crippen molar-refractivity contribution in [2.45, 2.75) is 6.61 Å². The molecule has 0 bridgehead atoms. The quantitative estimate of drug-likeness (QED) is 0.679. The summed E-state index contributed by atoms with van der Waals surface area (Å²) in [6.45, 7) is 0.551. The van der Waals surface area contributed by atoms with Gasteiger partial charge in [-0.1, -0.05) is 54.0 Å². The molecule has 0 amide bonds. The van der Waals surface area contributed by atoms with Gasteiger partial charge in [-0.25, -0.2) is 0 Å². The third kappa shape index (κ3) is 2.63. The van der Waals surface area contributed by atoms with Crippen LogP contribution in [-0.2, 0) is 6.61 Å². The summed E-state index contributed by atoms with van der Waals surface area (Å²) < 4.78 is 5.60. The summed E-state index contributed by atoms with van der Waals surface area (Å²) in [5.41, 5.74) is 1.81. The number of ether oxygens (including phenoxy) is 1. The monoisotopic (exact) mass is 194 g/mol. The smallest absolute Gasteiger partial charge is 0.119 e. The van der Waals surface area contributed by atoms with E-state index in [0.29, 0.717) is 12.1 Å². The van der Waals surface area contributed by atoms with Gasteiger partial charge in [-0.2, -0.15) is 0 Å². The Labute approximate surface area is 91.1 Å². The fraction of sp³-hybridized carbons (Fsp3) is 0.0769. The van der Waals surface area contributed by atoms with Gasteiger partial charge in [-0.15, -0.1) is 0 Å². The van der Waals surface area contributed by atoms with Crippen LogP contribution in [0.5, 0.6) is 5.75 Å². The Bertz CT molecular complexity index is 426. The van der Waals surface area contributed by atoms with E-state index in [1.54, 1.807) is 0 Å². The van der Waals surface area contributed by atoms with Crippen LogP contribution in [0.15, 0.2) is 54.6 Å². The van der Waals surface area contributed by atoms with Gasteiger partial charge in [0, 0.05) is 0 Å². The third-order valence-electron chi connectivity index (χ3n) is 2.16. The molecule has 15 heavy (non-hydrogen) atoms. The van der Waals surface area contributed by atoms with E-state index in [1.165, 1.54) is 0 Å². The topological polar surface area (TPSA) is 9.23 Å². The Morgan fingerprint density at radius 1 is 0.867 bits per heavy atom. The molecule has 0 unspecified atom stereocenters. The first-order valence-electron chi connectivity index (χ1n) is 4.87. The van der Waals surface area contributed by atoms with Gasteiger partial charge < -0.3 is 4.74 Å². The second kappa shape index (κ2) is 4.69. The maximum Gasteiger partial charge on any atom is 0.119 e. The fourth-order valence-electron chi connectivity index (χ4n) is 1.35. The molecule has 0 saturated carbocycles. The van der Waals surface area contributed by atoms with Gasteiger partial charge in [-0.3, -0.25) is 0 Å². The molecule has 2 aromatic carbocycles. The van der Waals surface area contributed by atoms with Crippen LogP contribution >= 0.6 is 0 Å². The molecule has 2 rings (SSSR count). The molecule has 1 nitrogen and oxygen atoms in total. The van der Waals surface area contributed by atoms with Crippen LogP contribution in [-0.4, -0.2) is 7.85 Å². The third-order valence-corrected chi connectivity index (χ3v) is 2.16. The number of rotatable bonds is 3. The summed E-state index contributed by atoms with van der Waals surface area (Å²) in [5.74, 6) is 0.737. The summed E-state index contributed by atoms with van der Waals surface area (Å²) in [6.07, 6.45) is 0. The summed E-state index contributed by atoms with van der Waals surface area (Å²) in [7, 11) is 5.76. The summed E-state index contributed by atoms with van der Waals surface area (Å²) in [6, 6.07) is 17.5. The number of hydrogen-bond acceptors (Lipinski definition) is 1. The molecule has 0 saturated heterocycles. The summed E-state index contributed by atoms with van der Waals surface area (Å²) in [4.78, 5) is 0. The SMILES string of the molecule is [B]c1ccccc1OCc1ccccc1. The molecular formula is C13H11BO. The van der Waals surface area contributed by atoms with E-state index < -0.39 is 0 Å². The number of hydrogen-bond donors (Lipinski definition) is 0. The van der Waals surface area contributed by atoms with E-state index >= 15 is 0 Å². The van der Waals surface area contributed by atoms with Crippen LogP contribution in [0.25, 0.3) is 0 Å². The van der Waals surface area contributed by atoms with Gasteiger partial charge in [0.15, 0.2) is 0 Å². The van der Waals surface area contributed by atoms with Gasteiger partial charge in [-0.05, 0) is 11.6 Å². The van der Waals surface area contributed by atoms with Gasteiger partial charge in [0.1, 0.15) is 20.2 Å². The lowest BCUT2D eigenvalue weighted by Gasteiger charge is -2.08. The first-order chi connectivity index (χ1) is 7.36. The van der Waals surface area contributed by atoms with Crippen molar-refractivity contribution in [2.75, 3.05) is 0 Å². The highest BCUT2D eigenvalue weighted by Crippen LogP contribution is 2.08. The minimum Gasteiger partial charge on any atom is -0.490 e. The van der Waals surface area contributed by atoms with Crippen molar-refractivity contribution in [1.82, 2.24) is 0 Å². The van der Waals surface area contributed by atoms with Crippen molar-refractivity contribution in [3.8, 4) is 5.75 Å². The normalized spacial score (nSPS) is 9.87. The summed E-state index contributed by atoms with van der Waals surface area (Å²) in [5, 5.41) is 0. The van der Waals surface area contributed by atoms with Gasteiger partial charge in [0.2, 0.25) is 0 Å². The van der Waals surface area contributed by atoms with Crippen LogP contribution in [0.2, 0.25) is 0 Å². The van der Waals surface area contributed by atoms with Crippen molar-refractivity contribution in [2.24, 2.45) is 0 Å². The lowest BCUT2D eigenvalue weighted by Crippen LogP contribution is -2.08. The lowest BCUT2D eigenvalue weighted by atomic mass is 9.95. The van der Waals surface area contributed by atoms with Crippen molar-refractivity contribution in [1.29, 1.82) is 0 Å². The standard InChI is InChI=1S/C13H11BO/c14-12-8-4-5-9-13(12)15-10-11-6-2-1-3-7-11/h1-9H,10H2. The van der Waals surface area contributed by atoms with Crippen LogP contribution < -0.4 is 10.2 Å². The zero-order chi connectivity index (χ0) is 10.5. The Morgan fingerprint density at radius 2 is 1.53 bits per heavy atom. The second-order valence-corrected chi connectivity index (χ2v) is 3.31. The Morgan fingerprint density at radius 3 is 2.27 bits per heavy atom. The van der Waals surface area contributed by atoms with E-state index in [9.17, 15) is 0 Å². The van der Waals surface area contributed by atoms with E-state index in [2.05, 4.69) is 0 Å². The molecule has 0 spiro atoms. The van der Waals surface area contributed by atoms with E-state index in [0.717, 1.165) is 11.3 Å². The molecule has 0 aromatic heterocycles. The van der Waals surface area contributed by atoms with Crippen molar-refractivity contribution < 1.29 is 4.74 Å². The first kappa shape index (κ1) is 9.84. The number of para-hydroxylation sites is 1.